The number of halogens is 1. The molecule has 2 N–H and O–H groups in total. The number of amides is 1. The van der Waals surface area contributed by atoms with E-state index in [-0.39, 0.29) is 37.7 Å². The number of carbonyl (C=O) groups excluding carboxylic acids is 1. The smallest absolute Gasteiger partial charge is 0.329 e. The zero-order valence-corrected chi connectivity index (χ0v) is 28.8. The topological polar surface area (TPSA) is 94.9 Å². The largest absolute Gasteiger partial charge is 1.00 e. The van der Waals surface area contributed by atoms with Crippen LogP contribution in [0.4, 0.5) is 0 Å². The van der Waals surface area contributed by atoms with Crippen LogP contribution in [-0.4, -0.2) is 77.2 Å². The summed E-state index contributed by atoms with van der Waals surface area (Å²) in [4.78, 5) is 39.7. The molecule has 0 radical (unpaired) electrons. The van der Waals surface area contributed by atoms with Crippen LogP contribution in [0.3, 0.4) is 0 Å². The van der Waals surface area contributed by atoms with E-state index in [0.29, 0.717) is 23.9 Å². The molecule has 0 aliphatic rings. The standard InChI is InChI=1S/C34H66N2O5.ClH/c1-6-8-10-12-14-16-18-20-22-24-27-34(33(40)41,28-26-32(38)39)35(31(37)30-36(3,4)5)29-25-23-21-19-17-15-13-11-9-7-2;/h6-30H2,1-5H3,(H-,38,39,40,41);1H/t34-;/m0./s1. The van der Waals surface area contributed by atoms with Crippen molar-refractivity contribution in [2.75, 3.05) is 34.2 Å². The molecule has 8 heteroatoms. The Kier molecular flexibility index (Phi) is 26.6. The molecule has 0 fully saturated rings. The molecule has 1 atom stereocenters. The van der Waals surface area contributed by atoms with Gasteiger partial charge in [0.2, 0.25) is 0 Å². The Bertz CT molecular complexity index is 698. The molecule has 0 bridgehead atoms. The van der Waals surface area contributed by atoms with Crippen molar-refractivity contribution >= 4 is 17.8 Å². The van der Waals surface area contributed by atoms with Crippen molar-refractivity contribution < 1.29 is 41.5 Å². The highest BCUT2D eigenvalue weighted by molar-refractivity contribution is 5.88. The van der Waals surface area contributed by atoms with Crippen LogP contribution in [0.1, 0.15) is 162 Å². The third-order valence-electron chi connectivity index (χ3n) is 8.26. The van der Waals surface area contributed by atoms with E-state index in [1.54, 1.807) is 4.90 Å². The van der Waals surface area contributed by atoms with Crippen LogP contribution < -0.4 is 12.4 Å². The van der Waals surface area contributed by atoms with Crippen LogP contribution >= 0.6 is 0 Å². The molecule has 0 unspecified atom stereocenters. The number of carboxylic acids is 2. The Hall–Kier alpha value is -1.34. The quantitative estimate of drug-likeness (QED) is 0.0859. The number of nitrogens with zero attached hydrogens (tertiary/aromatic N) is 2. The van der Waals surface area contributed by atoms with Crippen molar-refractivity contribution in [1.82, 2.24) is 4.90 Å². The van der Waals surface area contributed by atoms with E-state index in [1.807, 2.05) is 21.1 Å². The number of carbonyl (C=O) groups is 3. The van der Waals surface area contributed by atoms with E-state index in [0.717, 1.165) is 38.5 Å². The molecular formula is C34H67ClN2O5. The van der Waals surface area contributed by atoms with Crippen LogP contribution in [-0.2, 0) is 14.4 Å². The van der Waals surface area contributed by atoms with Crippen LogP contribution in [0.5, 0.6) is 0 Å². The predicted octanol–water partition coefficient (Wildman–Crippen LogP) is 5.45. The van der Waals surface area contributed by atoms with Gasteiger partial charge in [-0.2, -0.15) is 0 Å². The van der Waals surface area contributed by atoms with E-state index in [2.05, 4.69) is 13.8 Å². The maximum Gasteiger partial charge on any atom is 0.329 e. The molecule has 1 amide bonds. The van der Waals surface area contributed by atoms with E-state index in [1.165, 1.54) is 83.5 Å². The summed E-state index contributed by atoms with van der Waals surface area (Å²) in [5, 5.41) is 20.0. The van der Waals surface area contributed by atoms with E-state index < -0.39 is 17.5 Å². The first-order valence-corrected chi connectivity index (χ1v) is 17.1. The van der Waals surface area contributed by atoms with Gasteiger partial charge in [0.15, 0.2) is 6.54 Å². The minimum absolute atomic E-state index is 0. The molecule has 0 aliphatic carbocycles. The van der Waals surface area contributed by atoms with Gasteiger partial charge in [0, 0.05) is 13.0 Å². The lowest BCUT2D eigenvalue weighted by molar-refractivity contribution is -0.862. The molecule has 0 saturated heterocycles. The second-order valence-electron chi connectivity index (χ2n) is 13.3. The zero-order valence-electron chi connectivity index (χ0n) is 28.1. The van der Waals surface area contributed by atoms with Crippen molar-refractivity contribution in [3.05, 3.63) is 0 Å². The SMILES string of the molecule is CCCCCCCCCCCCN(C(=O)C[N+](C)(C)C)[C@@](CCCCCCCCCCCC)(CCC(=O)O)C(=O)O.[Cl-]. The number of hydrogen-bond acceptors (Lipinski definition) is 3. The number of quaternary nitrogens is 1. The summed E-state index contributed by atoms with van der Waals surface area (Å²) >= 11 is 0. The molecular weight excluding hydrogens is 552 g/mol. The number of carboxylic acid groups (broad SMARTS) is 2. The van der Waals surface area contributed by atoms with Crippen molar-refractivity contribution in [1.29, 1.82) is 0 Å². The van der Waals surface area contributed by atoms with Crippen LogP contribution in [0.15, 0.2) is 0 Å². The van der Waals surface area contributed by atoms with Crippen molar-refractivity contribution in [2.24, 2.45) is 0 Å². The molecule has 0 aliphatic heterocycles. The predicted molar refractivity (Wildman–Crippen MR) is 170 cm³/mol. The number of unbranched alkanes of at least 4 members (excludes halogenated alkanes) is 18. The Morgan fingerprint density at radius 1 is 0.595 bits per heavy atom. The third kappa shape index (κ3) is 21.4. The first-order valence-electron chi connectivity index (χ1n) is 17.1. The van der Waals surface area contributed by atoms with Gasteiger partial charge in [0.25, 0.3) is 5.91 Å². The monoisotopic (exact) mass is 618 g/mol. The average molecular weight is 619 g/mol. The van der Waals surface area contributed by atoms with Gasteiger partial charge in [-0.15, -0.1) is 0 Å². The van der Waals surface area contributed by atoms with Crippen LogP contribution in [0.2, 0.25) is 0 Å². The molecule has 0 rings (SSSR count). The Morgan fingerprint density at radius 2 is 0.976 bits per heavy atom. The van der Waals surface area contributed by atoms with Crippen LogP contribution in [0, 0.1) is 0 Å². The summed E-state index contributed by atoms with van der Waals surface area (Å²) in [6.45, 7) is 5.02. The Labute approximate surface area is 265 Å². The molecule has 0 heterocycles. The fraction of sp³-hybridized carbons (Fsp3) is 0.912. The summed E-state index contributed by atoms with van der Waals surface area (Å²) in [6, 6.07) is 0. The fourth-order valence-corrected chi connectivity index (χ4v) is 5.77. The molecule has 7 nitrogen and oxygen atoms in total. The zero-order chi connectivity index (χ0) is 31.0. The summed E-state index contributed by atoms with van der Waals surface area (Å²) in [5.74, 6) is -2.26. The first kappa shape index (κ1) is 42.8. The minimum Gasteiger partial charge on any atom is -1.00 e. The fourth-order valence-electron chi connectivity index (χ4n) is 5.77. The molecule has 0 aromatic carbocycles. The second-order valence-corrected chi connectivity index (χ2v) is 13.3. The highest BCUT2D eigenvalue weighted by Crippen LogP contribution is 2.31. The lowest BCUT2D eigenvalue weighted by Gasteiger charge is -2.42. The Balaban J connectivity index is 0. The highest BCUT2D eigenvalue weighted by atomic mass is 35.5. The summed E-state index contributed by atoms with van der Waals surface area (Å²) in [7, 11) is 5.79. The van der Waals surface area contributed by atoms with Gasteiger partial charge in [-0.3, -0.25) is 9.59 Å². The molecule has 0 spiro atoms. The van der Waals surface area contributed by atoms with Gasteiger partial charge in [0.1, 0.15) is 5.54 Å². The lowest BCUT2D eigenvalue weighted by Crippen LogP contribution is -3.00. The summed E-state index contributed by atoms with van der Waals surface area (Å²) < 4.78 is 0.403. The highest BCUT2D eigenvalue weighted by Gasteiger charge is 2.46. The van der Waals surface area contributed by atoms with Crippen molar-refractivity contribution in [3.8, 4) is 0 Å². The number of rotatable bonds is 29. The first-order chi connectivity index (χ1) is 19.5. The number of likely N-dealkylation sites (N-methyl/N-ethyl adjacent to an activating group) is 1. The third-order valence-corrected chi connectivity index (χ3v) is 8.26. The summed E-state index contributed by atoms with van der Waals surface area (Å²) in [6.07, 6.45) is 23.0. The molecule has 42 heavy (non-hydrogen) atoms. The lowest BCUT2D eigenvalue weighted by atomic mass is 9.84. The normalized spacial score (nSPS) is 12.9. The number of aliphatic carboxylic acids is 2. The van der Waals surface area contributed by atoms with Crippen LogP contribution in [0.25, 0.3) is 0 Å². The molecule has 0 saturated carbocycles. The maximum atomic E-state index is 13.6. The van der Waals surface area contributed by atoms with E-state index in [4.69, 9.17) is 0 Å². The molecule has 0 aromatic rings. The van der Waals surface area contributed by atoms with Gasteiger partial charge >= 0.3 is 11.9 Å². The Morgan fingerprint density at radius 3 is 1.33 bits per heavy atom. The van der Waals surface area contributed by atoms with E-state index >= 15 is 0 Å². The second kappa shape index (κ2) is 26.1. The molecule has 0 aromatic heterocycles. The average Bonchev–Trinajstić information content (AvgIpc) is 2.89. The number of hydrogen-bond donors (Lipinski definition) is 2. The van der Waals surface area contributed by atoms with Crippen molar-refractivity contribution in [2.45, 2.75) is 167 Å². The van der Waals surface area contributed by atoms with Gasteiger partial charge in [-0.05, 0) is 19.3 Å². The van der Waals surface area contributed by atoms with Gasteiger partial charge in [-0.1, -0.05) is 136 Å². The minimum atomic E-state index is -1.47. The van der Waals surface area contributed by atoms with Gasteiger partial charge < -0.3 is 32.0 Å². The van der Waals surface area contributed by atoms with Gasteiger partial charge in [0.05, 0.1) is 21.1 Å². The molecule has 250 valence electrons. The van der Waals surface area contributed by atoms with Gasteiger partial charge in [-0.25, -0.2) is 4.79 Å². The summed E-state index contributed by atoms with van der Waals surface area (Å²) in [5.41, 5.74) is -1.47. The van der Waals surface area contributed by atoms with Crippen molar-refractivity contribution in [3.63, 3.8) is 0 Å². The maximum absolute atomic E-state index is 13.6. The van der Waals surface area contributed by atoms with E-state index in [9.17, 15) is 24.6 Å².